The van der Waals surface area contributed by atoms with Gasteiger partial charge >= 0.3 is 0 Å². The van der Waals surface area contributed by atoms with Crippen LogP contribution in [0.15, 0.2) is 48.5 Å². The summed E-state index contributed by atoms with van der Waals surface area (Å²) in [6.07, 6.45) is 0. The Bertz CT molecular complexity index is 691. The van der Waals surface area contributed by atoms with Gasteiger partial charge in [0.05, 0.1) is 17.8 Å². The Kier molecular flexibility index (Phi) is 4.42. The molecule has 0 bridgehead atoms. The first-order chi connectivity index (χ1) is 10.1. The minimum atomic E-state index is -0.461. The molecule has 4 N–H and O–H groups in total. The number of hydrogen-bond acceptors (Lipinski definition) is 4. The second-order valence-electron chi connectivity index (χ2n) is 4.65. The monoisotopic (exact) mass is 280 g/mol. The van der Waals surface area contributed by atoms with E-state index in [9.17, 15) is 10.1 Å². The zero-order chi connectivity index (χ0) is 15.2. The average Bonchev–Trinajstić information content (AvgIpc) is 2.48. The molecule has 0 heterocycles. The number of hydrogen-bond donors (Lipinski definition) is 2. The predicted octanol–water partition coefficient (Wildman–Crippen LogP) is 1.63. The Morgan fingerprint density at radius 2 is 1.81 bits per heavy atom. The van der Waals surface area contributed by atoms with E-state index in [1.165, 1.54) is 0 Å². The van der Waals surface area contributed by atoms with Gasteiger partial charge in [-0.25, -0.2) is 0 Å². The Morgan fingerprint density at radius 3 is 2.48 bits per heavy atom. The molecule has 5 nitrogen and oxygen atoms in total. The smallest absolute Gasteiger partial charge is 0.236 e. The largest absolute Gasteiger partial charge is 0.398 e. The molecule has 2 aromatic rings. The molecular formula is C16H16N4O. The second-order valence-corrected chi connectivity index (χ2v) is 4.65. The van der Waals surface area contributed by atoms with Crippen molar-refractivity contribution < 1.29 is 4.79 Å². The third kappa shape index (κ3) is 3.51. The molecule has 0 radical (unpaired) electrons. The topological polar surface area (TPSA) is 96.1 Å². The molecule has 21 heavy (non-hydrogen) atoms. The third-order valence-electron chi connectivity index (χ3n) is 3.13. The molecule has 0 aliphatic carbocycles. The number of carbonyl (C=O) groups is 1. The highest BCUT2D eigenvalue weighted by atomic mass is 16.1. The maximum absolute atomic E-state index is 11.3. The Morgan fingerprint density at radius 1 is 1.14 bits per heavy atom. The highest BCUT2D eigenvalue weighted by Gasteiger charge is 2.14. The summed E-state index contributed by atoms with van der Waals surface area (Å²) in [5.41, 5.74) is 13.9. The summed E-state index contributed by atoms with van der Waals surface area (Å²) in [4.78, 5) is 13.1. The van der Waals surface area contributed by atoms with Crippen LogP contribution in [-0.2, 0) is 11.3 Å². The molecule has 1 amide bonds. The van der Waals surface area contributed by atoms with Crippen LogP contribution >= 0.6 is 0 Å². The lowest BCUT2D eigenvalue weighted by molar-refractivity contribution is -0.116. The van der Waals surface area contributed by atoms with E-state index < -0.39 is 5.91 Å². The van der Waals surface area contributed by atoms with Gasteiger partial charge in [-0.1, -0.05) is 30.3 Å². The third-order valence-corrected chi connectivity index (χ3v) is 3.13. The summed E-state index contributed by atoms with van der Waals surface area (Å²) in [6.45, 7) is 0.432. The molecule has 5 heteroatoms. The van der Waals surface area contributed by atoms with Crippen molar-refractivity contribution in [3.05, 3.63) is 59.7 Å². The number of benzene rings is 2. The number of primary amides is 1. The molecule has 106 valence electrons. The van der Waals surface area contributed by atoms with Crippen LogP contribution in [0, 0.1) is 11.3 Å². The highest BCUT2D eigenvalue weighted by Crippen LogP contribution is 2.23. The van der Waals surface area contributed by atoms with E-state index in [1.54, 1.807) is 29.2 Å². The molecule has 0 atom stereocenters. The minimum Gasteiger partial charge on any atom is -0.398 e. The van der Waals surface area contributed by atoms with Gasteiger partial charge in [-0.15, -0.1) is 0 Å². The van der Waals surface area contributed by atoms with E-state index in [0.29, 0.717) is 23.5 Å². The lowest BCUT2D eigenvalue weighted by atomic mass is 10.1. The number of amides is 1. The van der Waals surface area contributed by atoms with Gasteiger partial charge in [0.1, 0.15) is 6.07 Å². The van der Waals surface area contributed by atoms with Gasteiger partial charge in [0.25, 0.3) is 0 Å². The number of para-hydroxylation sites is 2. The van der Waals surface area contributed by atoms with E-state index in [4.69, 9.17) is 11.5 Å². The Labute approximate surface area is 123 Å². The standard InChI is InChI=1S/C16H16N4O/c17-9-12-5-2-4-8-15(12)20(11-16(19)21)10-13-6-1-3-7-14(13)18/h1-8H,10-11,18H2,(H2,19,21). The molecular weight excluding hydrogens is 264 g/mol. The lowest BCUT2D eigenvalue weighted by Gasteiger charge is -2.25. The SMILES string of the molecule is N#Cc1ccccc1N(CC(N)=O)Cc1ccccc1N. The lowest BCUT2D eigenvalue weighted by Crippen LogP contribution is -2.34. The van der Waals surface area contributed by atoms with Crippen LogP contribution in [-0.4, -0.2) is 12.5 Å². The molecule has 0 unspecified atom stereocenters. The first kappa shape index (κ1) is 14.4. The van der Waals surface area contributed by atoms with E-state index in [2.05, 4.69) is 6.07 Å². The van der Waals surface area contributed by atoms with E-state index in [-0.39, 0.29) is 6.54 Å². The normalized spacial score (nSPS) is 9.86. The summed E-state index contributed by atoms with van der Waals surface area (Å²) in [5.74, 6) is -0.461. The summed E-state index contributed by atoms with van der Waals surface area (Å²) >= 11 is 0. The van der Waals surface area contributed by atoms with Crippen LogP contribution in [0.5, 0.6) is 0 Å². The summed E-state index contributed by atoms with van der Waals surface area (Å²) < 4.78 is 0. The van der Waals surface area contributed by atoms with Crippen molar-refractivity contribution in [1.82, 2.24) is 0 Å². The molecule has 0 spiro atoms. The van der Waals surface area contributed by atoms with E-state index in [1.807, 2.05) is 24.3 Å². The van der Waals surface area contributed by atoms with Gasteiger partial charge in [0.15, 0.2) is 0 Å². The van der Waals surface area contributed by atoms with Crippen LogP contribution < -0.4 is 16.4 Å². The molecule has 0 aromatic heterocycles. The van der Waals surface area contributed by atoms with Gasteiger partial charge in [0, 0.05) is 12.2 Å². The minimum absolute atomic E-state index is 0.0209. The molecule has 2 aromatic carbocycles. The fourth-order valence-corrected chi connectivity index (χ4v) is 2.14. The van der Waals surface area contributed by atoms with Crippen molar-refractivity contribution in [3.63, 3.8) is 0 Å². The number of anilines is 2. The molecule has 0 aliphatic rings. The molecule has 0 aliphatic heterocycles. The van der Waals surface area contributed by atoms with Gasteiger partial charge < -0.3 is 16.4 Å². The molecule has 0 fully saturated rings. The van der Waals surface area contributed by atoms with Gasteiger partial charge in [0.2, 0.25) is 5.91 Å². The van der Waals surface area contributed by atoms with Crippen molar-refractivity contribution in [1.29, 1.82) is 5.26 Å². The fraction of sp³-hybridized carbons (Fsp3) is 0.125. The number of carbonyl (C=O) groups excluding carboxylic acids is 1. The van der Waals surface area contributed by atoms with Crippen LogP contribution in [0.1, 0.15) is 11.1 Å². The number of nitrogen functional groups attached to an aromatic ring is 1. The van der Waals surface area contributed by atoms with Gasteiger partial charge in [-0.2, -0.15) is 5.26 Å². The number of nitrogens with zero attached hydrogens (tertiary/aromatic N) is 2. The Hall–Kier alpha value is -3.00. The summed E-state index contributed by atoms with van der Waals surface area (Å²) in [7, 11) is 0. The second kappa shape index (κ2) is 6.44. The van der Waals surface area contributed by atoms with E-state index in [0.717, 1.165) is 5.56 Å². The van der Waals surface area contributed by atoms with E-state index >= 15 is 0 Å². The van der Waals surface area contributed by atoms with Gasteiger partial charge in [-0.05, 0) is 23.8 Å². The Balaban J connectivity index is 2.37. The fourth-order valence-electron chi connectivity index (χ4n) is 2.14. The van der Waals surface area contributed by atoms with Crippen LogP contribution in [0.2, 0.25) is 0 Å². The molecule has 2 rings (SSSR count). The maximum Gasteiger partial charge on any atom is 0.236 e. The average molecular weight is 280 g/mol. The predicted molar refractivity (Wildman–Crippen MR) is 82.3 cm³/mol. The summed E-state index contributed by atoms with van der Waals surface area (Å²) in [6, 6.07) is 16.6. The van der Waals surface area contributed by atoms with Crippen LogP contribution in [0.25, 0.3) is 0 Å². The maximum atomic E-state index is 11.3. The van der Waals surface area contributed by atoms with Crippen molar-refractivity contribution in [2.75, 3.05) is 17.2 Å². The number of rotatable bonds is 5. The summed E-state index contributed by atoms with van der Waals surface area (Å²) in [5, 5.41) is 9.20. The number of nitriles is 1. The van der Waals surface area contributed by atoms with Crippen molar-refractivity contribution in [2.24, 2.45) is 5.73 Å². The molecule has 0 saturated carbocycles. The van der Waals surface area contributed by atoms with Crippen molar-refractivity contribution >= 4 is 17.3 Å². The van der Waals surface area contributed by atoms with Crippen LogP contribution in [0.3, 0.4) is 0 Å². The highest BCUT2D eigenvalue weighted by molar-refractivity contribution is 5.80. The molecule has 0 saturated heterocycles. The zero-order valence-corrected chi connectivity index (χ0v) is 11.5. The first-order valence-corrected chi connectivity index (χ1v) is 6.47. The van der Waals surface area contributed by atoms with Crippen LogP contribution in [0.4, 0.5) is 11.4 Å². The van der Waals surface area contributed by atoms with Gasteiger partial charge in [-0.3, -0.25) is 4.79 Å². The zero-order valence-electron chi connectivity index (χ0n) is 11.5. The number of nitrogens with two attached hydrogens (primary N) is 2. The van der Waals surface area contributed by atoms with Crippen molar-refractivity contribution in [3.8, 4) is 6.07 Å². The van der Waals surface area contributed by atoms with Crippen molar-refractivity contribution in [2.45, 2.75) is 6.54 Å². The first-order valence-electron chi connectivity index (χ1n) is 6.47. The quantitative estimate of drug-likeness (QED) is 0.813.